The number of sulfonamides is 1. The SMILES string of the molecule is CC(C)(c1ccc(OCc2ncoc2NS(C)(=O)=O)cc1)c1cc(Cl)c(OCCCl)c(Cl)c1. The Morgan fingerprint density at radius 3 is 2.27 bits per heavy atom. The molecular formula is C22H23Cl3N2O5S. The van der Waals surface area contributed by atoms with Gasteiger partial charge in [-0.25, -0.2) is 13.4 Å². The summed E-state index contributed by atoms with van der Waals surface area (Å²) in [5.41, 5.74) is 1.86. The Morgan fingerprint density at radius 1 is 1.06 bits per heavy atom. The highest BCUT2D eigenvalue weighted by atomic mass is 35.5. The van der Waals surface area contributed by atoms with E-state index in [1.54, 1.807) is 0 Å². The molecule has 0 fully saturated rings. The maximum atomic E-state index is 11.4. The highest BCUT2D eigenvalue weighted by molar-refractivity contribution is 7.92. The standard InChI is InChI=1S/C22H23Cl3N2O5S/c1-22(2,15-10-17(24)20(18(25)11-15)30-9-8-23)14-4-6-16(7-5-14)31-12-19-21(32-13-26-19)27-33(3,28)29/h4-7,10-11,13,27H,8-9,12H2,1-3H3. The number of hydrogen-bond acceptors (Lipinski definition) is 6. The zero-order chi connectivity index (χ0) is 24.2. The van der Waals surface area contributed by atoms with E-state index in [-0.39, 0.29) is 12.5 Å². The summed E-state index contributed by atoms with van der Waals surface area (Å²) in [5.74, 6) is 1.37. The van der Waals surface area contributed by atoms with E-state index in [9.17, 15) is 8.42 Å². The lowest BCUT2D eigenvalue weighted by atomic mass is 9.78. The Balaban J connectivity index is 1.74. The fraction of sp³-hybridized carbons (Fsp3) is 0.318. The largest absolute Gasteiger partial charge is 0.489 e. The minimum absolute atomic E-state index is 0.0301. The van der Waals surface area contributed by atoms with Crippen LogP contribution < -0.4 is 14.2 Å². The van der Waals surface area contributed by atoms with Crippen LogP contribution in [0.25, 0.3) is 0 Å². The van der Waals surface area contributed by atoms with Crippen LogP contribution in [0.4, 0.5) is 5.88 Å². The lowest BCUT2D eigenvalue weighted by Gasteiger charge is -2.27. The van der Waals surface area contributed by atoms with Crippen molar-refractivity contribution in [2.75, 3.05) is 23.5 Å². The number of alkyl halides is 1. The fourth-order valence-corrected chi connectivity index (χ4v) is 4.28. The number of benzene rings is 2. The minimum Gasteiger partial charge on any atom is -0.489 e. The van der Waals surface area contributed by atoms with Crippen LogP contribution in [0, 0.1) is 0 Å². The van der Waals surface area contributed by atoms with Crippen molar-refractivity contribution in [3.8, 4) is 11.5 Å². The van der Waals surface area contributed by atoms with Gasteiger partial charge in [0.2, 0.25) is 15.9 Å². The second kappa shape index (κ2) is 10.4. The minimum atomic E-state index is -3.49. The van der Waals surface area contributed by atoms with E-state index in [2.05, 4.69) is 23.6 Å². The topological polar surface area (TPSA) is 90.7 Å². The number of aromatic nitrogens is 1. The number of halogens is 3. The van der Waals surface area contributed by atoms with Gasteiger partial charge >= 0.3 is 0 Å². The molecule has 0 amide bonds. The summed E-state index contributed by atoms with van der Waals surface area (Å²) in [7, 11) is -3.49. The molecule has 0 spiro atoms. The summed E-state index contributed by atoms with van der Waals surface area (Å²) in [5, 5.41) is 0.837. The third-order valence-electron chi connectivity index (χ3n) is 4.91. The van der Waals surface area contributed by atoms with Gasteiger partial charge in [0.1, 0.15) is 24.7 Å². The number of rotatable bonds is 10. The maximum absolute atomic E-state index is 11.4. The third-order valence-corrected chi connectivity index (χ3v) is 6.19. The Hall–Kier alpha value is -2.13. The molecule has 33 heavy (non-hydrogen) atoms. The van der Waals surface area contributed by atoms with Crippen LogP contribution in [-0.4, -0.2) is 32.1 Å². The van der Waals surface area contributed by atoms with Crippen LogP contribution in [0.1, 0.15) is 30.7 Å². The van der Waals surface area contributed by atoms with E-state index in [1.165, 1.54) is 0 Å². The van der Waals surface area contributed by atoms with Crippen LogP contribution in [0.5, 0.6) is 11.5 Å². The molecule has 0 saturated carbocycles. The van der Waals surface area contributed by atoms with Gasteiger partial charge in [-0.2, -0.15) is 0 Å². The van der Waals surface area contributed by atoms with E-state index in [0.29, 0.717) is 39.7 Å². The van der Waals surface area contributed by atoms with E-state index in [0.717, 1.165) is 23.8 Å². The molecule has 1 N–H and O–H groups in total. The number of nitrogens with zero attached hydrogens (tertiary/aromatic N) is 1. The average Bonchev–Trinajstić information content (AvgIpc) is 3.17. The molecule has 0 atom stereocenters. The fourth-order valence-electron chi connectivity index (χ4n) is 3.11. The first-order valence-electron chi connectivity index (χ1n) is 9.83. The molecule has 178 valence electrons. The van der Waals surface area contributed by atoms with Crippen molar-refractivity contribution in [2.24, 2.45) is 0 Å². The lowest BCUT2D eigenvalue weighted by molar-refractivity contribution is 0.302. The first-order chi connectivity index (χ1) is 15.5. The van der Waals surface area contributed by atoms with Crippen LogP contribution in [-0.2, 0) is 22.0 Å². The Bertz CT molecular complexity index is 1190. The van der Waals surface area contributed by atoms with Crippen LogP contribution >= 0.6 is 34.8 Å². The van der Waals surface area contributed by atoms with Crippen LogP contribution in [0.15, 0.2) is 47.2 Å². The van der Waals surface area contributed by atoms with Gasteiger partial charge in [-0.15, -0.1) is 11.6 Å². The molecule has 0 aliphatic rings. The van der Waals surface area contributed by atoms with Gasteiger partial charge in [-0.3, -0.25) is 4.72 Å². The molecule has 2 aromatic carbocycles. The number of oxazole rings is 1. The first-order valence-corrected chi connectivity index (χ1v) is 13.0. The zero-order valence-corrected chi connectivity index (χ0v) is 21.3. The third kappa shape index (κ3) is 6.47. The van der Waals surface area contributed by atoms with Gasteiger partial charge in [-0.05, 0) is 35.4 Å². The first kappa shape index (κ1) is 25.5. The molecule has 3 aromatic rings. The molecule has 0 unspecified atom stereocenters. The normalized spacial score (nSPS) is 11.9. The van der Waals surface area contributed by atoms with Gasteiger partial charge < -0.3 is 13.9 Å². The lowest BCUT2D eigenvalue weighted by Crippen LogP contribution is -2.19. The summed E-state index contributed by atoms with van der Waals surface area (Å²) < 4.78 is 41.4. The van der Waals surface area contributed by atoms with Crippen molar-refractivity contribution in [1.82, 2.24) is 4.98 Å². The van der Waals surface area contributed by atoms with Crippen LogP contribution in [0.2, 0.25) is 10.0 Å². The molecular weight excluding hydrogens is 511 g/mol. The molecule has 1 heterocycles. The molecule has 0 bridgehead atoms. The van der Waals surface area contributed by atoms with E-state index < -0.39 is 15.4 Å². The maximum Gasteiger partial charge on any atom is 0.233 e. The molecule has 11 heteroatoms. The highest BCUT2D eigenvalue weighted by Gasteiger charge is 2.26. The molecule has 1 aromatic heterocycles. The van der Waals surface area contributed by atoms with Gasteiger partial charge in [0.05, 0.1) is 22.2 Å². The number of hydrogen-bond donors (Lipinski definition) is 1. The quantitative estimate of drug-likeness (QED) is 0.328. The van der Waals surface area contributed by atoms with Crippen molar-refractivity contribution in [2.45, 2.75) is 25.9 Å². The summed E-state index contributed by atoms with van der Waals surface area (Å²) in [6.07, 6.45) is 2.18. The molecule has 0 saturated heterocycles. The highest BCUT2D eigenvalue weighted by Crippen LogP contribution is 2.40. The van der Waals surface area contributed by atoms with Gasteiger partial charge in [0, 0.05) is 5.41 Å². The molecule has 7 nitrogen and oxygen atoms in total. The van der Waals surface area contributed by atoms with Crippen molar-refractivity contribution in [3.05, 3.63) is 69.7 Å². The Morgan fingerprint density at radius 2 is 1.70 bits per heavy atom. The van der Waals surface area contributed by atoms with Gasteiger partial charge in [0.15, 0.2) is 12.1 Å². The molecule has 3 rings (SSSR count). The van der Waals surface area contributed by atoms with Gasteiger partial charge in [-0.1, -0.05) is 49.2 Å². The average molecular weight is 534 g/mol. The summed E-state index contributed by atoms with van der Waals surface area (Å²) in [4.78, 5) is 3.99. The number of nitrogens with one attached hydrogen (secondary N) is 1. The monoisotopic (exact) mass is 532 g/mol. The van der Waals surface area contributed by atoms with Crippen molar-refractivity contribution >= 4 is 50.7 Å². The number of anilines is 1. The van der Waals surface area contributed by atoms with Gasteiger partial charge in [0.25, 0.3) is 0 Å². The summed E-state index contributed by atoms with van der Waals surface area (Å²) >= 11 is 18.5. The van der Waals surface area contributed by atoms with E-state index in [4.69, 9.17) is 48.7 Å². The molecule has 0 radical (unpaired) electrons. The van der Waals surface area contributed by atoms with Crippen molar-refractivity contribution in [1.29, 1.82) is 0 Å². The Labute approximate surface area is 208 Å². The second-order valence-corrected chi connectivity index (χ2v) is 10.7. The smallest absolute Gasteiger partial charge is 0.233 e. The summed E-state index contributed by atoms with van der Waals surface area (Å²) in [6.45, 7) is 4.46. The predicted octanol–water partition coefficient (Wildman–Crippen LogP) is 5.88. The second-order valence-electron chi connectivity index (χ2n) is 7.75. The number of ether oxygens (including phenoxy) is 2. The van der Waals surface area contributed by atoms with Crippen molar-refractivity contribution in [3.63, 3.8) is 0 Å². The van der Waals surface area contributed by atoms with Crippen LogP contribution in [0.3, 0.4) is 0 Å². The summed E-state index contributed by atoms with van der Waals surface area (Å²) in [6, 6.07) is 11.2. The van der Waals surface area contributed by atoms with Crippen molar-refractivity contribution < 1.29 is 22.3 Å². The predicted molar refractivity (Wildman–Crippen MR) is 131 cm³/mol. The molecule has 0 aliphatic heterocycles. The molecule has 0 aliphatic carbocycles. The van der Waals surface area contributed by atoms with E-state index in [1.807, 2.05) is 36.4 Å². The zero-order valence-electron chi connectivity index (χ0n) is 18.2. The van der Waals surface area contributed by atoms with E-state index >= 15 is 0 Å². The Kier molecular flexibility index (Phi) is 8.05.